The highest BCUT2D eigenvalue weighted by molar-refractivity contribution is 7.99. The van der Waals surface area contributed by atoms with Crippen molar-refractivity contribution in [3.63, 3.8) is 0 Å². The third-order valence-electron chi connectivity index (χ3n) is 5.25. The molecule has 0 bridgehead atoms. The van der Waals surface area contributed by atoms with Gasteiger partial charge in [0.2, 0.25) is 5.91 Å². The Hall–Kier alpha value is -3.04. The molecule has 1 aromatic heterocycles. The molecule has 0 aliphatic carbocycles. The van der Waals surface area contributed by atoms with Crippen molar-refractivity contribution in [3.8, 4) is 5.75 Å². The van der Waals surface area contributed by atoms with Gasteiger partial charge in [-0.05, 0) is 36.4 Å². The molecule has 1 aliphatic rings. The van der Waals surface area contributed by atoms with Crippen molar-refractivity contribution in [2.75, 3.05) is 54.2 Å². The molecule has 0 spiro atoms. The van der Waals surface area contributed by atoms with E-state index >= 15 is 0 Å². The number of methoxy groups -OCH3 is 1. The lowest BCUT2D eigenvalue weighted by molar-refractivity contribution is -0.113. The van der Waals surface area contributed by atoms with Crippen molar-refractivity contribution in [3.05, 3.63) is 65.7 Å². The predicted octanol–water partition coefficient (Wildman–Crippen LogP) is 4.34. The summed E-state index contributed by atoms with van der Waals surface area (Å²) >= 11 is 7.03. The highest BCUT2D eigenvalue weighted by Crippen LogP contribution is 2.25. The number of nitrogens with zero attached hydrogens (tertiary/aromatic N) is 4. The van der Waals surface area contributed by atoms with E-state index in [0.717, 1.165) is 43.4 Å². The molecule has 0 unspecified atom stereocenters. The van der Waals surface area contributed by atoms with Gasteiger partial charge in [-0.2, -0.15) is 0 Å². The fourth-order valence-electron chi connectivity index (χ4n) is 3.49. The Balaban J connectivity index is 1.30. The molecule has 4 rings (SSSR count). The van der Waals surface area contributed by atoms with Gasteiger partial charge in [0.05, 0.1) is 23.6 Å². The van der Waals surface area contributed by atoms with Crippen molar-refractivity contribution >= 4 is 46.5 Å². The third kappa shape index (κ3) is 5.85. The number of amides is 1. The van der Waals surface area contributed by atoms with Crippen LogP contribution in [0.4, 0.5) is 21.6 Å². The van der Waals surface area contributed by atoms with Gasteiger partial charge >= 0.3 is 0 Å². The van der Waals surface area contributed by atoms with E-state index in [4.69, 9.17) is 16.3 Å². The monoisotopic (exact) mass is 487 g/mol. The van der Waals surface area contributed by atoms with Crippen LogP contribution in [0.2, 0.25) is 5.02 Å². The molecule has 172 valence electrons. The van der Waals surface area contributed by atoms with Crippen LogP contribution in [0, 0.1) is 5.82 Å². The number of carbonyl (C=O) groups is 1. The van der Waals surface area contributed by atoms with Crippen molar-refractivity contribution in [1.29, 1.82) is 0 Å². The Morgan fingerprint density at radius 1 is 1.12 bits per heavy atom. The summed E-state index contributed by atoms with van der Waals surface area (Å²) in [5, 5.41) is 3.19. The predicted molar refractivity (Wildman–Crippen MR) is 130 cm³/mol. The van der Waals surface area contributed by atoms with Crippen LogP contribution in [-0.4, -0.2) is 54.9 Å². The number of ether oxygens (including phenoxy) is 1. The zero-order valence-corrected chi connectivity index (χ0v) is 19.6. The van der Waals surface area contributed by atoms with E-state index in [9.17, 15) is 9.18 Å². The molecule has 3 aromatic rings. The van der Waals surface area contributed by atoms with E-state index in [1.165, 1.54) is 30.2 Å². The topological polar surface area (TPSA) is 70.6 Å². The summed E-state index contributed by atoms with van der Waals surface area (Å²) in [5.41, 5.74) is 1.22. The second kappa shape index (κ2) is 10.7. The van der Waals surface area contributed by atoms with Gasteiger partial charge < -0.3 is 19.9 Å². The van der Waals surface area contributed by atoms with Crippen molar-refractivity contribution in [2.24, 2.45) is 0 Å². The number of benzene rings is 2. The molecule has 2 heterocycles. The molecule has 2 aromatic carbocycles. The SMILES string of the molecule is COc1ccc(N2CCN(c3cc(SCC(=O)Nc4cccc(Cl)c4F)ncn3)CC2)cc1. The van der Waals surface area contributed by atoms with E-state index in [0.29, 0.717) is 5.03 Å². The Morgan fingerprint density at radius 2 is 1.85 bits per heavy atom. The lowest BCUT2D eigenvalue weighted by Gasteiger charge is -2.36. The summed E-state index contributed by atoms with van der Waals surface area (Å²) in [4.78, 5) is 25.4. The Labute approximate surface area is 200 Å². The summed E-state index contributed by atoms with van der Waals surface area (Å²) in [5.74, 6) is 0.774. The van der Waals surface area contributed by atoms with Gasteiger partial charge in [0.15, 0.2) is 5.82 Å². The molecule has 1 aliphatic heterocycles. The molecule has 0 saturated carbocycles. The van der Waals surface area contributed by atoms with Crippen LogP contribution in [0.5, 0.6) is 5.75 Å². The normalized spacial score (nSPS) is 13.7. The van der Waals surface area contributed by atoms with Crippen LogP contribution in [-0.2, 0) is 4.79 Å². The largest absolute Gasteiger partial charge is 0.497 e. The number of thioether (sulfide) groups is 1. The van der Waals surface area contributed by atoms with Gasteiger partial charge in [-0.25, -0.2) is 14.4 Å². The zero-order valence-electron chi connectivity index (χ0n) is 18.0. The summed E-state index contributed by atoms with van der Waals surface area (Å²) in [6.07, 6.45) is 1.50. The molecule has 0 atom stereocenters. The number of hydrogen-bond donors (Lipinski definition) is 1. The third-order valence-corrected chi connectivity index (χ3v) is 6.46. The number of aromatic nitrogens is 2. The van der Waals surface area contributed by atoms with Gasteiger partial charge in [-0.3, -0.25) is 4.79 Å². The molecule has 1 fully saturated rings. The molecular formula is C23H23ClFN5O2S. The highest BCUT2D eigenvalue weighted by atomic mass is 35.5. The van der Waals surface area contributed by atoms with Gasteiger partial charge in [0.1, 0.15) is 22.9 Å². The van der Waals surface area contributed by atoms with Crippen LogP contribution in [0.3, 0.4) is 0 Å². The Kier molecular flexibility index (Phi) is 7.51. The maximum atomic E-state index is 14.0. The van der Waals surface area contributed by atoms with Crippen molar-refractivity contribution in [1.82, 2.24) is 9.97 Å². The minimum Gasteiger partial charge on any atom is -0.497 e. The summed E-state index contributed by atoms with van der Waals surface area (Å²) in [6.45, 7) is 3.38. The first-order valence-corrected chi connectivity index (χ1v) is 11.7. The van der Waals surface area contributed by atoms with Crippen molar-refractivity contribution in [2.45, 2.75) is 5.03 Å². The molecular weight excluding hydrogens is 465 g/mol. The lowest BCUT2D eigenvalue weighted by atomic mass is 10.2. The van der Waals surface area contributed by atoms with E-state index in [1.807, 2.05) is 18.2 Å². The van der Waals surface area contributed by atoms with Gasteiger partial charge in [0.25, 0.3) is 0 Å². The maximum Gasteiger partial charge on any atom is 0.234 e. The number of rotatable bonds is 7. The van der Waals surface area contributed by atoms with E-state index < -0.39 is 5.82 Å². The smallest absolute Gasteiger partial charge is 0.234 e. The molecule has 10 heteroatoms. The van der Waals surface area contributed by atoms with Crippen LogP contribution in [0.1, 0.15) is 0 Å². The van der Waals surface area contributed by atoms with E-state index in [-0.39, 0.29) is 22.4 Å². The fraction of sp³-hybridized carbons (Fsp3) is 0.261. The van der Waals surface area contributed by atoms with Crippen molar-refractivity contribution < 1.29 is 13.9 Å². The van der Waals surface area contributed by atoms with Gasteiger partial charge in [0, 0.05) is 37.9 Å². The van der Waals surface area contributed by atoms with E-state index in [1.54, 1.807) is 13.2 Å². The van der Waals surface area contributed by atoms with Crippen LogP contribution in [0.15, 0.2) is 59.9 Å². The number of piperazine rings is 1. The molecule has 0 radical (unpaired) electrons. The lowest BCUT2D eigenvalue weighted by Crippen LogP contribution is -2.46. The van der Waals surface area contributed by atoms with E-state index in [2.05, 4.69) is 37.2 Å². The number of halogens is 2. The Morgan fingerprint density at radius 3 is 2.58 bits per heavy atom. The molecule has 1 amide bonds. The highest BCUT2D eigenvalue weighted by Gasteiger charge is 2.19. The number of hydrogen-bond acceptors (Lipinski definition) is 7. The molecule has 7 nitrogen and oxygen atoms in total. The molecule has 33 heavy (non-hydrogen) atoms. The van der Waals surface area contributed by atoms with Gasteiger partial charge in [-0.1, -0.05) is 29.4 Å². The molecule has 1 saturated heterocycles. The minimum atomic E-state index is -0.643. The van der Waals surface area contributed by atoms with Crippen LogP contribution in [0.25, 0.3) is 0 Å². The number of carbonyl (C=O) groups excluding carboxylic acids is 1. The fourth-order valence-corrected chi connectivity index (χ4v) is 4.33. The first-order valence-electron chi connectivity index (χ1n) is 10.4. The van der Waals surface area contributed by atoms with Crippen LogP contribution < -0.4 is 19.9 Å². The first kappa shape index (κ1) is 23.1. The Bertz CT molecular complexity index is 1110. The zero-order chi connectivity index (χ0) is 23.2. The minimum absolute atomic E-state index is 0.0343. The first-order chi connectivity index (χ1) is 16.0. The average molecular weight is 488 g/mol. The summed E-state index contributed by atoms with van der Waals surface area (Å²) in [7, 11) is 1.66. The average Bonchev–Trinajstić information content (AvgIpc) is 2.86. The number of anilines is 3. The van der Waals surface area contributed by atoms with Crippen LogP contribution >= 0.6 is 23.4 Å². The quantitative estimate of drug-likeness (QED) is 0.392. The number of nitrogens with one attached hydrogen (secondary N) is 1. The molecule has 1 N–H and O–H groups in total. The van der Waals surface area contributed by atoms with Gasteiger partial charge in [-0.15, -0.1) is 0 Å². The summed E-state index contributed by atoms with van der Waals surface area (Å²) in [6, 6.07) is 14.4. The second-order valence-electron chi connectivity index (χ2n) is 7.32. The summed E-state index contributed by atoms with van der Waals surface area (Å²) < 4.78 is 19.2. The maximum absolute atomic E-state index is 14.0. The second-order valence-corrected chi connectivity index (χ2v) is 8.73. The standard InChI is InChI=1S/C23H23ClFN5O2S/c1-32-17-7-5-16(6-8-17)29-9-11-30(12-10-29)20-13-22(27-15-26-20)33-14-21(31)28-19-4-2-3-18(24)23(19)25/h2-8,13,15H,9-12,14H2,1H3,(H,28,31).